The van der Waals surface area contributed by atoms with Gasteiger partial charge in [0.25, 0.3) is 0 Å². The number of carbonyl (C=O) groups excluding carboxylic acids is 1. The Balaban J connectivity index is 3.37. The Bertz CT molecular complexity index is 622. The second-order valence-electron chi connectivity index (χ2n) is 5.48. The van der Waals surface area contributed by atoms with E-state index < -0.39 is 5.41 Å². The molecule has 0 aliphatic rings. The Morgan fingerprint density at radius 3 is 2.19 bits per heavy atom. The van der Waals surface area contributed by atoms with E-state index in [1.54, 1.807) is 46.1 Å². The first-order valence-electron chi connectivity index (χ1n) is 6.32. The summed E-state index contributed by atoms with van der Waals surface area (Å²) in [6.07, 6.45) is 1.56. The van der Waals surface area contributed by atoms with Crippen molar-refractivity contribution in [1.82, 2.24) is 0 Å². The van der Waals surface area contributed by atoms with Gasteiger partial charge in [-0.2, -0.15) is 5.26 Å². The van der Waals surface area contributed by atoms with Gasteiger partial charge < -0.3 is 9.47 Å². The van der Waals surface area contributed by atoms with Crippen LogP contribution in [-0.2, 0) is 4.79 Å². The number of benzene rings is 1. The monoisotopic (exact) mass is 351 g/mol. The number of rotatable bonds is 4. The van der Waals surface area contributed by atoms with E-state index in [-0.39, 0.29) is 11.4 Å². The molecular weight excluding hydrogens is 334 g/mol. The van der Waals surface area contributed by atoms with Crippen molar-refractivity contribution in [2.75, 3.05) is 14.2 Å². The van der Waals surface area contributed by atoms with Gasteiger partial charge in [-0.3, -0.25) is 4.79 Å². The Labute approximate surface area is 133 Å². The van der Waals surface area contributed by atoms with Crippen LogP contribution in [-0.4, -0.2) is 20.0 Å². The molecule has 0 spiro atoms. The minimum absolute atomic E-state index is 0.107. The highest BCUT2D eigenvalue weighted by atomic mass is 79.9. The maximum atomic E-state index is 12.2. The predicted octanol–water partition coefficient (Wildman–Crippen LogP) is 3.99. The van der Waals surface area contributed by atoms with Crippen LogP contribution in [0.2, 0.25) is 0 Å². The van der Waals surface area contributed by atoms with E-state index in [1.165, 1.54) is 7.11 Å². The average molecular weight is 352 g/mol. The van der Waals surface area contributed by atoms with Crippen LogP contribution in [0.3, 0.4) is 0 Å². The van der Waals surface area contributed by atoms with Crippen LogP contribution in [0, 0.1) is 16.7 Å². The fraction of sp³-hybridized carbons (Fsp3) is 0.375. The highest BCUT2D eigenvalue weighted by Crippen LogP contribution is 2.34. The summed E-state index contributed by atoms with van der Waals surface area (Å²) in [7, 11) is 3.08. The number of ketones is 1. The van der Waals surface area contributed by atoms with Gasteiger partial charge in [-0.1, -0.05) is 36.7 Å². The van der Waals surface area contributed by atoms with Crippen molar-refractivity contribution in [2.45, 2.75) is 20.8 Å². The molecule has 0 aliphatic heterocycles. The molecule has 1 aromatic rings. The minimum Gasteiger partial charge on any atom is -0.493 e. The summed E-state index contributed by atoms with van der Waals surface area (Å²) >= 11 is 3.41. The molecule has 0 amide bonds. The Hall–Kier alpha value is -1.80. The number of methoxy groups -OCH3 is 2. The van der Waals surface area contributed by atoms with Gasteiger partial charge in [0.1, 0.15) is 6.07 Å². The van der Waals surface area contributed by atoms with E-state index in [0.717, 1.165) is 4.47 Å². The van der Waals surface area contributed by atoms with Crippen LogP contribution in [0.25, 0.3) is 6.08 Å². The molecule has 0 saturated carbocycles. The lowest BCUT2D eigenvalue weighted by Gasteiger charge is -2.16. The molecule has 0 atom stereocenters. The zero-order valence-electron chi connectivity index (χ0n) is 12.8. The molecule has 1 aromatic carbocycles. The second kappa shape index (κ2) is 6.77. The first-order valence-corrected chi connectivity index (χ1v) is 7.12. The smallest absolute Gasteiger partial charge is 0.178 e. The number of ether oxygens (including phenoxy) is 2. The van der Waals surface area contributed by atoms with Crippen LogP contribution in [0.4, 0.5) is 0 Å². The Morgan fingerprint density at radius 1 is 1.24 bits per heavy atom. The predicted molar refractivity (Wildman–Crippen MR) is 85.3 cm³/mol. The van der Waals surface area contributed by atoms with Crippen molar-refractivity contribution in [3.05, 3.63) is 27.7 Å². The molecular formula is C16H18BrNO3. The zero-order chi connectivity index (χ0) is 16.2. The quantitative estimate of drug-likeness (QED) is 0.607. The van der Waals surface area contributed by atoms with E-state index in [0.29, 0.717) is 17.1 Å². The molecule has 21 heavy (non-hydrogen) atoms. The fourth-order valence-corrected chi connectivity index (χ4v) is 2.13. The minimum atomic E-state index is -0.607. The number of nitriles is 1. The molecule has 0 heterocycles. The highest BCUT2D eigenvalue weighted by Gasteiger charge is 2.25. The topological polar surface area (TPSA) is 59.3 Å². The number of Topliss-reactive ketones (excluding diaryl/α,β-unsaturated/α-hetero) is 1. The van der Waals surface area contributed by atoms with E-state index in [4.69, 9.17) is 9.47 Å². The number of hydrogen-bond donors (Lipinski definition) is 0. The first-order chi connectivity index (χ1) is 9.74. The molecule has 1 rings (SSSR count). The molecule has 112 valence electrons. The third kappa shape index (κ3) is 4.08. The van der Waals surface area contributed by atoms with E-state index >= 15 is 0 Å². The van der Waals surface area contributed by atoms with Crippen molar-refractivity contribution in [3.8, 4) is 17.6 Å². The number of nitrogens with zero attached hydrogens (tertiary/aromatic N) is 1. The Morgan fingerprint density at radius 2 is 1.76 bits per heavy atom. The summed E-state index contributed by atoms with van der Waals surface area (Å²) in [6, 6.07) is 5.42. The summed E-state index contributed by atoms with van der Waals surface area (Å²) < 4.78 is 11.1. The summed E-state index contributed by atoms with van der Waals surface area (Å²) in [6.45, 7) is 5.35. The summed E-state index contributed by atoms with van der Waals surface area (Å²) in [5.41, 5.74) is 0.183. The Kier molecular flexibility index (Phi) is 5.56. The normalized spacial score (nSPS) is 11.8. The van der Waals surface area contributed by atoms with Crippen molar-refractivity contribution < 1.29 is 14.3 Å². The van der Waals surface area contributed by atoms with Gasteiger partial charge in [-0.25, -0.2) is 0 Å². The van der Waals surface area contributed by atoms with Crippen LogP contribution in [0.5, 0.6) is 11.5 Å². The van der Waals surface area contributed by atoms with Crippen LogP contribution in [0.1, 0.15) is 26.3 Å². The first kappa shape index (κ1) is 17.3. The van der Waals surface area contributed by atoms with Gasteiger partial charge >= 0.3 is 0 Å². The number of allylic oxidation sites excluding steroid dienone is 1. The third-order valence-corrected chi connectivity index (χ3v) is 3.54. The third-order valence-electron chi connectivity index (χ3n) is 2.85. The lowest BCUT2D eigenvalue weighted by atomic mass is 9.86. The van der Waals surface area contributed by atoms with Crippen molar-refractivity contribution in [3.63, 3.8) is 0 Å². The zero-order valence-corrected chi connectivity index (χ0v) is 14.4. The summed E-state index contributed by atoms with van der Waals surface area (Å²) in [4.78, 5) is 12.2. The molecule has 0 N–H and O–H groups in total. The lowest BCUT2D eigenvalue weighted by Crippen LogP contribution is -2.21. The van der Waals surface area contributed by atoms with Gasteiger partial charge in [-0.05, 0) is 23.8 Å². The van der Waals surface area contributed by atoms with E-state index in [9.17, 15) is 10.1 Å². The average Bonchev–Trinajstić information content (AvgIpc) is 2.43. The van der Waals surface area contributed by atoms with E-state index in [2.05, 4.69) is 15.9 Å². The molecule has 5 heteroatoms. The molecule has 0 saturated heterocycles. The molecule has 0 unspecified atom stereocenters. The molecule has 4 nitrogen and oxygen atoms in total. The number of hydrogen-bond acceptors (Lipinski definition) is 4. The molecule has 0 bridgehead atoms. The van der Waals surface area contributed by atoms with Gasteiger partial charge in [-0.15, -0.1) is 0 Å². The lowest BCUT2D eigenvalue weighted by molar-refractivity contribution is -0.121. The molecule has 0 radical (unpaired) electrons. The maximum Gasteiger partial charge on any atom is 0.178 e. The summed E-state index contributed by atoms with van der Waals surface area (Å²) in [5, 5.41) is 9.23. The number of halogens is 1. The molecule has 0 fully saturated rings. The van der Waals surface area contributed by atoms with Crippen molar-refractivity contribution >= 4 is 27.8 Å². The van der Waals surface area contributed by atoms with Gasteiger partial charge in [0.2, 0.25) is 0 Å². The molecule has 0 aliphatic carbocycles. The van der Waals surface area contributed by atoms with E-state index in [1.807, 2.05) is 6.07 Å². The highest BCUT2D eigenvalue weighted by molar-refractivity contribution is 9.10. The van der Waals surface area contributed by atoms with Crippen LogP contribution in [0.15, 0.2) is 22.2 Å². The van der Waals surface area contributed by atoms with Crippen LogP contribution >= 0.6 is 15.9 Å². The maximum absolute atomic E-state index is 12.2. The fourth-order valence-electron chi connectivity index (χ4n) is 1.69. The van der Waals surface area contributed by atoms with Gasteiger partial charge in [0, 0.05) is 9.89 Å². The largest absolute Gasteiger partial charge is 0.493 e. The number of carbonyl (C=O) groups is 1. The summed E-state index contributed by atoms with van der Waals surface area (Å²) in [5.74, 6) is 0.904. The molecule has 0 aromatic heterocycles. The van der Waals surface area contributed by atoms with Crippen molar-refractivity contribution in [2.24, 2.45) is 5.41 Å². The second-order valence-corrected chi connectivity index (χ2v) is 6.33. The van der Waals surface area contributed by atoms with Gasteiger partial charge in [0.15, 0.2) is 17.3 Å². The van der Waals surface area contributed by atoms with Gasteiger partial charge in [0.05, 0.1) is 19.8 Å². The van der Waals surface area contributed by atoms with Crippen LogP contribution < -0.4 is 9.47 Å². The van der Waals surface area contributed by atoms with Crippen molar-refractivity contribution in [1.29, 1.82) is 5.26 Å². The SMILES string of the molecule is COc1cc(Br)c(/C=C(\C#N)C(=O)C(C)(C)C)cc1OC. The standard InChI is InChI=1S/C16H18BrNO3/c1-16(2,3)15(19)11(9-18)6-10-7-13(20-4)14(21-5)8-12(10)17/h6-8H,1-5H3/b11-6+.